The third-order valence-electron chi connectivity index (χ3n) is 5.47. The van der Waals surface area contributed by atoms with Gasteiger partial charge in [-0.15, -0.1) is 0 Å². The van der Waals surface area contributed by atoms with Gasteiger partial charge in [-0.3, -0.25) is 9.36 Å². The van der Waals surface area contributed by atoms with Crippen LogP contribution in [0.15, 0.2) is 23.3 Å². The van der Waals surface area contributed by atoms with Crippen molar-refractivity contribution in [3.8, 4) is 0 Å². The molecule has 0 aromatic carbocycles. The molecule has 2 unspecified atom stereocenters. The molecule has 0 aliphatic heterocycles. The summed E-state index contributed by atoms with van der Waals surface area (Å²) in [6, 6.07) is 0.420. The van der Waals surface area contributed by atoms with Crippen LogP contribution < -0.4 is 0 Å². The number of hydrogen-bond donors (Lipinski definition) is 0. The van der Waals surface area contributed by atoms with E-state index in [4.69, 9.17) is 13.8 Å². The monoisotopic (exact) mass is 473 g/mol. The van der Waals surface area contributed by atoms with E-state index in [2.05, 4.69) is 51.8 Å². The van der Waals surface area contributed by atoms with Gasteiger partial charge in [0.05, 0.1) is 19.8 Å². The van der Waals surface area contributed by atoms with Gasteiger partial charge in [0, 0.05) is 6.04 Å². The van der Waals surface area contributed by atoms with Crippen LogP contribution >= 0.6 is 7.60 Å². The molecular weight excluding hydrogens is 425 g/mol. The SMILES string of the molecule is CCOC(=O)C(CCCN(C)C(C)CC/C=C(\C)CCC=C(C)C)P(=O)(OCC)OCC. The van der Waals surface area contributed by atoms with E-state index in [9.17, 15) is 9.36 Å². The fourth-order valence-corrected chi connectivity index (χ4v) is 5.44. The van der Waals surface area contributed by atoms with E-state index < -0.39 is 19.2 Å². The molecule has 0 aromatic heterocycles. The predicted molar refractivity (Wildman–Crippen MR) is 134 cm³/mol. The minimum Gasteiger partial charge on any atom is -0.465 e. The molecule has 7 heteroatoms. The maximum atomic E-state index is 13.2. The molecule has 0 aromatic rings. The largest absolute Gasteiger partial charge is 0.465 e. The predicted octanol–water partition coefficient (Wildman–Crippen LogP) is 6.76. The molecule has 2 atom stereocenters. The van der Waals surface area contributed by atoms with Crippen molar-refractivity contribution in [3.63, 3.8) is 0 Å². The first-order valence-corrected chi connectivity index (χ1v) is 13.8. The Kier molecular flexibility index (Phi) is 17.0. The highest BCUT2D eigenvalue weighted by Crippen LogP contribution is 2.55. The molecule has 0 heterocycles. The first-order chi connectivity index (χ1) is 15.1. The van der Waals surface area contributed by atoms with E-state index in [1.807, 2.05) is 0 Å². The molecule has 6 nitrogen and oxygen atoms in total. The topological polar surface area (TPSA) is 65.1 Å². The van der Waals surface area contributed by atoms with Crippen molar-refractivity contribution in [3.05, 3.63) is 23.3 Å². The molecule has 0 radical (unpaired) electrons. The lowest BCUT2D eigenvalue weighted by atomic mass is 10.1. The van der Waals surface area contributed by atoms with Gasteiger partial charge in [-0.25, -0.2) is 0 Å². The van der Waals surface area contributed by atoms with Gasteiger partial charge in [-0.05, 0) is 101 Å². The first-order valence-electron chi connectivity index (χ1n) is 12.2. The zero-order valence-corrected chi connectivity index (χ0v) is 22.7. The average Bonchev–Trinajstić information content (AvgIpc) is 2.71. The fraction of sp³-hybridized carbons (Fsp3) is 0.800. The first kappa shape index (κ1) is 31.1. The number of nitrogens with zero attached hydrogens (tertiary/aromatic N) is 1. The Morgan fingerprint density at radius 1 is 0.969 bits per heavy atom. The quantitative estimate of drug-likeness (QED) is 0.124. The summed E-state index contributed by atoms with van der Waals surface area (Å²) in [7, 11) is -1.45. The Morgan fingerprint density at radius 3 is 2.12 bits per heavy atom. The summed E-state index contributed by atoms with van der Waals surface area (Å²) in [6.45, 7) is 15.5. The van der Waals surface area contributed by atoms with Crippen LogP contribution in [0.1, 0.15) is 87.0 Å². The summed E-state index contributed by atoms with van der Waals surface area (Å²) < 4.78 is 29.2. The number of ether oxygens (including phenoxy) is 1. The van der Waals surface area contributed by atoms with Gasteiger partial charge in [0.2, 0.25) is 0 Å². The van der Waals surface area contributed by atoms with Crippen LogP contribution in [0.3, 0.4) is 0 Å². The van der Waals surface area contributed by atoms with Crippen LogP contribution in [0.4, 0.5) is 0 Å². The molecule has 0 bridgehead atoms. The lowest BCUT2D eigenvalue weighted by Gasteiger charge is -2.27. The van der Waals surface area contributed by atoms with Gasteiger partial charge in [0.1, 0.15) is 0 Å². The highest BCUT2D eigenvalue weighted by atomic mass is 31.2. The molecule has 0 amide bonds. The van der Waals surface area contributed by atoms with Crippen molar-refractivity contribution in [1.29, 1.82) is 0 Å². The Morgan fingerprint density at radius 2 is 1.59 bits per heavy atom. The van der Waals surface area contributed by atoms with Gasteiger partial charge >= 0.3 is 13.6 Å². The molecule has 0 saturated heterocycles. The minimum atomic E-state index is -3.55. The number of carbonyl (C=O) groups excluding carboxylic acids is 1. The Balaban J connectivity index is 4.71. The summed E-state index contributed by atoms with van der Waals surface area (Å²) >= 11 is 0. The number of allylic oxidation sites excluding steroid dienone is 4. The van der Waals surface area contributed by atoms with Crippen molar-refractivity contribution in [1.82, 2.24) is 4.90 Å². The van der Waals surface area contributed by atoms with Crippen LogP contribution in [0.2, 0.25) is 0 Å². The van der Waals surface area contributed by atoms with E-state index in [1.54, 1.807) is 20.8 Å². The molecule has 0 N–H and O–H groups in total. The van der Waals surface area contributed by atoms with Crippen LogP contribution in [0.5, 0.6) is 0 Å². The van der Waals surface area contributed by atoms with Gasteiger partial charge in [-0.1, -0.05) is 23.3 Å². The van der Waals surface area contributed by atoms with Crippen LogP contribution in [0.25, 0.3) is 0 Å². The molecule has 0 spiro atoms. The van der Waals surface area contributed by atoms with Gasteiger partial charge in [0.15, 0.2) is 5.66 Å². The van der Waals surface area contributed by atoms with Gasteiger partial charge in [-0.2, -0.15) is 0 Å². The van der Waals surface area contributed by atoms with E-state index in [0.717, 1.165) is 32.2 Å². The average molecular weight is 474 g/mol. The standard InChI is InChI=1S/C25H48NO5P/c1-9-29-25(27)24(32(28,30-10-2)31-11-3)19-14-20-26(8)23(7)18-13-17-22(6)16-12-15-21(4)5/h15,17,23-24H,9-14,16,18-20H2,1-8H3/b22-17+. The van der Waals surface area contributed by atoms with E-state index >= 15 is 0 Å². The zero-order chi connectivity index (χ0) is 24.6. The smallest absolute Gasteiger partial charge is 0.344 e. The molecule has 32 heavy (non-hydrogen) atoms. The molecular formula is C25H48NO5P. The second-order valence-electron chi connectivity index (χ2n) is 8.56. The third kappa shape index (κ3) is 12.9. The summed E-state index contributed by atoms with van der Waals surface area (Å²) in [5, 5.41) is 0. The summed E-state index contributed by atoms with van der Waals surface area (Å²) in [5.74, 6) is -0.498. The fourth-order valence-electron chi connectivity index (χ4n) is 3.46. The van der Waals surface area contributed by atoms with Crippen molar-refractivity contribution in [2.75, 3.05) is 33.4 Å². The van der Waals surface area contributed by atoms with Crippen molar-refractivity contribution in [2.24, 2.45) is 0 Å². The lowest BCUT2D eigenvalue weighted by molar-refractivity contribution is -0.143. The number of esters is 1. The maximum Gasteiger partial charge on any atom is 0.344 e. The zero-order valence-electron chi connectivity index (χ0n) is 21.8. The molecule has 188 valence electrons. The Labute approximate surface area is 197 Å². The molecule has 0 aliphatic rings. The van der Waals surface area contributed by atoms with E-state index in [-0.39, 0.29) is 19.8 Å². The molecule has 0 fully saturated rings. The molecule has 0 aliphatic carbocycles. The van der Waals surface area contributed by atoms with Crippen molar-refractivity contribution in [2.45, 2.75) is 98.7 Å². The number of rotatable bonds is 18. The van der Waals surface area contributed by atoms with Gasteiger partial charge in [0.25, 0.3) is 0 Å². The second-order valence-corrected chi connectivity index (χ2v) is 10.8. The highest BCUT2D eigenvalue weighted by molar-refractivity contribution is 7.55. The summed E-state index contributed by atoms with van der Waals surface area (Å²) in [5.41, 5.74) is 1.94. The van der Waals surface area contributed by atoms with Gasteiger partial charge < -0.3 is 18.7 Å². The normalized spacial score (nSPS) is 14.3. The summed E-state index contributed by atoms with van der Waals surface area (Å²) in [4.78, 5) is 14.8. The Hall–Kier alpha value is -0.940. The third-order valence-corrected chi connectivity index (χ3v) is 7.94. The van der Waals surface area contributed by atoms with E-state index in [1.165, 1.54) is 11.1 Å². The van der Waals surface area contributed by atoms with Crippen LogP contribution in [-0.2, 0) is 23.1 Å². The maximum absolute atomic E-state index is 13.2. The second kappa shape index (κ2) is 17.5. The van der Waals surface area contributed by atoms with E-state index in [0.29, 0.717) is 18.9 Å². The highest BCUT2D eigenvalue weighted by Gasteiger charge is 2.41. The number of carbonyl (C=O) groups is 1. The van der Waals surface area contributed by atoms with Crippen molar-refractivity contribution >= 4 is 13.6 Å². The van der Waals surface area contributed by atoms with Crippen LogP contribution in [0, 0.1) is 0 Å². The Bertz CT molecular complexity index is 618. The molecule has 0 rings (SSSR count). The van der Waals surface area contributed by atoms with Crippen molar-refractivity contribution < 1.29 is 23.1 Å². The summed E-state index contributed by atoms with van der Waals surface area (Å²) in [6.07, 6.45) is 10.1. The molecule has 0 saturated carbocycles. The van der Waals surface area contributed by atoms with Crippen LogP contribution in [-0.4, -0.2) is 56.0 Å². The minimum absolute atomic E-state index is 0.228. The number of hydrogen-bond acceptors (Lipinski definition) is 6. The lowest BCUT2D eigenvalue weighted by Crippen LogP contribution is -2.32.